The zero-order chi connectivity index (χ0) is 16.6. The van der Waals surface area contributed by atoms with E-state index in [1.54, 1.807) is 6.07 Å². The molecule has 5 nitrogen and oxygen atoms in total. The van der Waals surface area contributed by atoms with E-state index in [0.717, 1.165) is 12.0 Å². The molecule has 23 heavy (non-hydrogen) atoms. The van der Waals surface area contributed by atoms with Gasteiger partial charge in [0.15, 0.2) is 11.5 Å². The molecule has 1 saturated heterocycles. The second kappa shape index (κ2) is 6.21. The van der Waals surface area contributed by atoms with Crippen molar-refractivity contribution in [3.05, 3.63) is 22.7 Å². The Balaban J connectivity index is 1.72. The van der Waals surface area contributed by atoms with Crippen LogP contribution >= 0.6 is 11.6 Å². The van der Waals surface area contributed by atoms with Gasteiger partial charge in [0, 0.05) is 19.1 Å². The summed E-state index contributed by atoms with van der Waals surface area (Å²) in [6.45, 7) is 6.61. The van der Waals surface area contributed by atoms with E-state index in [-0.39, 0.29) is 17.4 Å². The third-order valence-electron chi connectivity index (χ3n) is 4.68. The number of fused-ring (bicyclic) bond motifs is 1. The van der Waals surface area contributed by atoms with Gasteiger partial charge in [0.1, 0.15) is 13.2 Å². The number of likely N-dealkylation sites (tertiary alicyclic amines) is 1. The molecule has 1 aromatic carbocycles. The van der Waals surface area contributed by atoms with Crippen molar-refractivity contribution in [2.75, 3.05) is 26.3 Å². The Morgan fingerprint density at radius 2 is 2.13 bits per heavy atom. The number of nitrogens with two attached hydrogens (primary N) is 1. The summed E-state index contributed by atoms with van der Waals surface area (Å²) in [6, 6.07) is 3.77. The first-order chi connectivity index (χ1) is 10.9. The minimum absolute atomic E-state index is 0.0572. The van der Waals surface area contributed by atoms with Crippen molar-refractivity contribution in [2.24, 2.45) is 11.1 Å². The quantitative estimate of drug-likeness (QED) is 0.898. The average Bonchev–Trinajstić information content (AvgIpc) is 2.50. The Morgan fingerprint density at radius 3 is 2.87 bits per heavy atom. The molecule has 0 saturated carbocycles. The Hall–Kier alpha value is -1.46. The van der Waals surface area contributed by atoms with Crippen molar-refractivity contribution >= 4 is 17.5 Å². The molecule has 1 amide bonds. The molecule has 1 fully saturated rings. The van der Waals surface area contributed by atoms with E-state index in [1.165, 1.54) is 0 Å². The fourth-order valence-corrected chi connectivity index (χ4v) is 3.43. The Kier molecular flexibility index (Phi) is 4.43. The molecule has 2 N–H and O–H groups in total. The maximum absolute atomic E-state index is 12.6. The molecule has 2 aliphatic rings. The number of hydrogen-bond donors (Lipinski definition) is 1. The number of nitrogens with zero attached hydrogens (tertiary/aromatic N) is 1. The first kappa shape index (κ1) is 16.4. The molecule has 2 heterocycles. The van der Waals surface area contributed by atoms with Crippen LogP contribution in [0.5, 0.6) is 11.5 Å². The third-order valence-corrected chi connectivity index (χ3v) is 4.96. The smallest absolute Gasteiger partial charge is 0.227 e. The Labute approximate surface area is 141 Å². The van der Waals surface area contributed by atoms with E-state index in [9.17, 15) is 4.79 Å². The topological polar surface area (TPSA) is 64.8 Å². The first-order valence-electron chi connectivity index (χ1n) is 7.98. The molecule has 1 unspecified atom stereocenters. The van der Waals surface area contributed by atoms with Crippen molar-refractivity contribution < 1.29 is 14.3 Å². The van der Waals surface area contributed by atoms with Gasteiger partial charge in [-0.25, -0.2) is 0 Å². The largest absolute Gasteiger partial charge is 0.486 e. The molecule has 2 aliphatic heterocycles. The number of carbonyl (C=O) groups excluding carboxylic acids is 1. The number of ether oxygens (including phenoxy) is 2. The second-order valence-corrected chi connectivity index (χ2v) is 7.38. The minimum Gasteiger partial charge on any atom is -0.486 e. The number of piperidine rings is 1. The van der Waals surface area contributed by atoms with Crippen LogP contribution in [0.3, 0.4) is 0 Å². The first-order valence-corrected chi connectivity index (χ1v) is 8.36. The van der Waals surface area contributed by atoms with Gasteiger partial charge in [0.25, 0.3) is 0 Å². The lowest BCUT2D eigenvalue weighted by Crippen LogP contribution is -2.54. The van der Waals surface area contributed by atoms with Crippen molar-refractivity contribution in [3.63, 3.8) is 0 Å². The van der Waals surface area contributed by atoms with Crippen LogP contribution in [-0.2, 0) is 11.2 Å². The summed E-state index contributed by atoms with van der Waals surface area (Å²) >= 11 is 6.23. The van der Waals surface area contributed by atoms with Crippen LogP contribution in [0.1, 0.15) is 25.8 Å². The number of rotatable bonds is 2. The van der Waals surface area contributed by atoms with Crippen molar-refractivity contribution in [2.45, 2.75) is 32.7 Å². The van der Waals surface area contributed by atoms with Gasteiger partial charge >= 0.3 is 0 Å². The molecule has 6 heteroatoms. The molecular formula is C17H23ClN2O3. The molecule has 0 aromatic heterocycles. The predicted molar refractivity (Wildman–Crippen MR) is 89.1 cm³/mol. The van der Waals surface area contributed by atoms with E-state index in [1.807, 2.05) is 11.0 Å². The summed E-state index contributed by atoms with van der Waals surface area (Å²) in [5.41, 5.74) is 6.92. The summed E-state index contributed by atoms with van der Waals surface area (Å²) in [7, 11) is 0. The number of benzene rings is 1. The van der Waals surface area contributed by atoms with Gasteiger partial charge in [-0.1, -0.05) is 25.4 Å². The lowest BCUT2D eigenvalue weighted by Gasteiger charge is -2.42. The minimum atomic E-state index is -0.0572. The number of carbonyl (C=O) groups is 1. The van der Waals surface area contributed by atoms with E-state index in [4.69, 9.17) is 26.8 Å². The van der Waals surface area contributed by atoms with Crippen LogP contribution < -0.4 is 15.2 Å². The average molecular weight is 339 g/mol. The van der Waals surface area contributed by atoms with Gasteiger partial charge < -0.3 is 20.1 Å². The normalized spacial score (nSPS) is 22.8. The lowest BCUT2D eigenvalue weighted by atomic mass is 9.79. The maximum Gasteiger partial charge on any atom is 0.227 e. The van der Waals surface area contributed by atoms with Crippen LogP contribution in [0.2, 0.25) is 5.02 Å². The highest BCUT2D eigenvalue weighted by molar-refractivity contribution is 6.32. The standard InChI is InChI=1S/C17H23ClN2O3/c1-17(2)10-20(4-3-14(17)19)15(21)9-11-7-12(18)16-13(8-11)22-5-6-23-16/h7-8,14H,3-6,9-10,19H2,1-2H3. The highest BCUT2D eigenvalue weighted by atomic mass is 35.5. The summed E-state index contributed by atoms with van der Waals surface area (Å²) in [4.78, 5) is 14.5. The van der Waals surface area contributed by atoms with Gasteiger partial charge in [-0.15, -0.1) is 0 Å². The van der Waals surface area contributed by atoms with Crippen LogP contribution in [-0.4, -0.2) is 43.2 Å². The zero-order valence-corrected chi connectivity index (χ0v) is 14.4. The SMILES string of the molecule is CC1(C)CN(C(=O)Cc2cc(Cl)c3c(c2)OCCO3)CCC1N. The highest BCUT2D eigenvalue weighted by Gasteiger charge is 2.35. The summed E-state index contributed by atoms with van der Waals surface area (Å²) in [6.07, 6.45) is 1.14. The molecule has 0 aliphatic carbocycles. The van der Waals surface area contributed by atoms with Crippen LogP contribution in [0.4, 0.5) is 0 Å². The van der Waals surface area contributed by atoms with Crippen molar-refractivity contribution in [1.29, 1.82) is 0 Å². The Morgan fingerprint density at radius 1 is 1.39 bits per heavy atom. The molecule has 0 bridgehead atoms. The van der Waals surface area contributed by atoms with Gasteiger partial charge in [-0.2, -0.15) is 0 Å². The molecule has 3 rings (SSSR count). The van der Waals surface area contributed by atoms with E-state index in [2.05, 4.69) is 13.8 Å². The lowest BCUT2D eigenvalue weighted by molar-refractivity contribution is -0.133. The second-order valence-electron chi connectivity index (χ2n) is 6.98. The van der Waals surface area contributed by atoms with Gasteiger partial charge in [-0.3, -0.25) is 4.79 Å². The van der Waals surface area contributed by atoms with Crippen LogP contribution in [0.25, 0.3) is 0 Å². The van der Waals surface area contributed by atoms with Crippen LogP contribution in [0.15, 0.2) is 12.1 Å². The van der Waals surface area contributed by atoms with E-state index in [0.29, 0.717) is 49.2 Å². The fraction of sp³-hybridized carbons (Fsp3) is 0.588. The van der Waals surface area contributed by atoms with Gasteiger partial charge in [0.05, 0.1) is 11.4 Å². The number of hydrogen-bond acceptors (Lipinski definition) is 4. The highest BCUT2D eigenvalue weighted by Crippen LogP contribution is 2.38. The summed E-state index contributed by atoms with van der Waals surface area (Å²) in [5, 5.41) is 0.492. The predicted octanol–water partition coefficient (Wildman–Crippen LogP) is 2.24. The molecular weight excluding hydrogens is 316 g/mol. The molecule has 1 atom stereocenters. The van der Waals surface area contributed by atoms with E-state index >= 15 is 0 Å². The zero-order valence-electron chi connectivity index (χ0n) is 13.6. The number of halogens is 1. The fourth-order valence-electron chi connectivity index (χ4n) is 3.14. The summed E-state index contributed by atoms with van der Waals surface area (Å²) in [5.74, 6) is 1.28. The molecule has 0 radical (unpaired) electrons. The van der Waals surface area contributed by atoms with Crippen LogP contribution in [0, 0.1) is 5.41 Å². The number of amides is 1. The van der Waals surface area contributed by atoms with Gasteiger partial charge in [-0.05, 0) is 29.5 Å². The Bertz CT molecular complexity index is 618. The molecule has 1 aromatic rings. The van der Waals surface area contributed by atoms with Crippen molar-refractivity contribution in [1.82, 2.24) is 4.90 Å². The molecule has 0 spiro atoms. The monoisotopic (exact) mass is 338 g/mol. The molecule has 126 valence electrons. The third kappa shape index (κ3) is 3.40. The van der Waals surface area contributed by atoms with Crippen molar-refractivity contribution in [3.8, 4) is 11.5 Å². The van der Waals surface area contributed by atoms with E-state index < -0.39 is 0 Å². The maximum atomic E-state index is 12.6. The van der Waals surface area contributed by atoms with Gasteiger partial charge in [0.2, 0.25) is 5.91 Å². The summed E-state index contributed by atoms with van der Waals surface area (Å²) < 4.78 is 11.1.